The van der Waals surface area contributed by atoms with Crippen molar-refractivity contribution in [2.24, 2.45) is 5.92 Å². The van der Waals surface area contributed by atoms with Crippen LogP contribution in [0.25, 0.3) is 0 Å². The molecule has 0 spiro atoms. The monoisotopic (exact) mass is 478 g/mol. The van der Waals surface area contributed by atoms with Gasteiger partial charge in [-0.2, -0.15) is 0 Å². The average molecular weight is 479 g/mol. The van der Waals surface area contributed by atoms with Crippen molar-refractivity contribution in [3.63, 3.8) is 0 Å². The summed E-state index contributed by atoms with van der Waals surface area (Å²) in [5, 5.41) is 2.12. The van der Waals surface area contributed by atoms with E-state index in [1.165, 1.54) is 4.90 Å². The highest BCUT2D eigenvalue weighted by atomic mass is 35.5. The number of benzene rings is 3. The molecule has 3 aromatic rings. The maximum atomic E-state index is 13.8. The number of carbonyl (C=O) groups is 2. The summed E-state index contributed by atoms with van der Waals surface area (Å²) in [5.74, 6) is -0.397. The second-order valence-electron chi connectivity index (χ2n) is 8.16. The van der Waals surface area contributed by atoms with Crippen molar-refractivity contribution in [2.75, 3.05) is 24.2 Å². The Morgan fingerprint density at radius 1 is 0.912 bits per heavy atom. The Labute approximate surface area is 202 Å². The molecule has 174 valence electrons. The van der Waals surface area contributed by atoms with E-state index in [9.17, 15) is 9.59 Å². The number of rotatable bonds is 5. The lowest BCUT2D eigenvalue weighted by Gasteiger charge is -2.30. The smallest absolute Gasteiger partial charge is 0.266 e. The molecule has 2 heterocycles. The van der Waals surface area contributed by atoms with Gasteiger partial charge in [0.15, 0.2) is 6.10 Å². The van der Waals surface area contributed by atoms with Crippen LogP contribution in [0.2, 0.25) is 5.02 Å². The van der Waals surface area contributed by atoms with Gasteiger partial charge in [-0.05, 0) is 48.9 Å². The van der Waals surface area contributed by atoms with Gasteiger partial charge in [-0.3, -0.25) is 14.4 Å². The van der Waals surface area contributed by atoms with Crippen LogP contribution in [0.3, 0.4) is 0 Å². The van der Waals surface area contributed by atoms with Crippen LogP contribution in [0.5, 0.6) is 11.5 Å². The molecule has 0 N–H and O–H groups in total. The lowest BCUT2D eigenvalue weighted by molar-refractivity contribution is -0.126. The van der Waals surface area contributed by atoms with Gasteiger partial charge in [-0.25, -0.2) is 9.96 Å². The third-order valence-electron chi connectivity index (χ3n) is 6.37. The van der Waals surface area contributed by atoms with E-state index in [0.29, 0.717) is 33.3 Å². The number of imide groups is 1. The molecule has 34 heavy (non-hydrogen) atoms. The fourth-order valence-electron chi connectivity index (χ4n) is 4.67. The molecule has 8 heteroatoms. The largest absolute Gasteiger partial charge is 0.497 e. The minimum atomic E-state index is -0.983. The minimum absolute atomic E-state index is 0.346. The summed E-state index contributed by atoms with van der Waals surface area (Å²) in [6.45, 7) is 1.79. The highest BCUT2D eigenvalue weighted by Crippen LogP contribution is 2.50. The van der Waals surface area contributed by atoms with Crippen molar-refractivity contribution in [3.05, 3.63) is 82.9 Å². The summed E-state index contributed by atoms with van der Waals surface area (Å²) in [7, 11) is 3.13. The maximum Gasteiger partial charge on any atom is 0.266 e. The summed E-state index contributed by atoms with van der Waals surface area (Å²) >= 11 is 6.29. The van der Waals surface area contributed by atoms with Gasteiger partial charge < -0.3 is 9.47 Å². The number of carbonyl (C=O) groups excluding carboxylic acids is 2. The van der Waals surface area contributed by atoms with Crippen molar-refractivity contribution < 1.29 is 23.9 Å². The van der Waals surface area contributed by atoms with E-state index >= 15 is 0 Å². The van der Waals surface area contributed by atoms with Gasteiger partial charge in [0.05, 0.1) is 31.6 Å². The van der Waals surface area contributed by atoms with Crippen LogP contribution in [0.4, 0.5) is 11.4 Å². The van der Waals surface area contributed by atoms with E-state index in [1.54, 1.807) is 56.5 Å². The zero-order chi connectivity index (χ0) is 24.0. The Bertz CT molecular complexity index is 1270. The summed E-state index contributed by atoms with van der Waals surface area (Å²) in [4.78, 5) is 34.8. The fourth-order valence-corrected chi connectivity index (χ4v) is 4.84. The van der Waals surface area contributed by atoms with Crippen LogP contribution in [-0.2, 0) is 14.4 Å². The molecule has 2 saturated heterocycles. The molecule has 3 aromatic carbocycles. The standard InChI is InChI=1S/C26H23ClN2O5/c1-15-19(27)10-7-11-20(15)28-25(30)22-23(18-13-12-17(32-2)14-21(18)33-3)29(34-24(22)26(28)31)16-8-5-4-6-9-16/h4-14,22-24H,1-3H3/t22-,23+,24-/m0/s1. The number of para-hydroxylation sites is 1. The minimum Gasteiger partial charge on any atom is -0.497 e. The number of ether oxygens (including phenoxy) is 2. The molecule has 2 amide bonds. The molecule has 5 rings (SSSR count). The Hall–Kier alpha value is -3.55. The Morgan fingerprint density at radius 2 is 1.68 bits per heavy atom. The molecule has 0 radical (unpaired) electrons. The summed E-state index contributed by atoms with van der Waals surface area (Å²) < 4.78 is 11.0. The Morgan fingerprint density at radius 3 is 2.38 bits per heavy atom. The molecular formula is C26H23ClN2O5. The summed E-state index contributed by atoms with van der Waals surface area (Å²) in [6, 6.07) is 19.4. The third kappa shape index (κ3) is 3.40. The van der Waals surface area contributed by atoms with E-state index in [0.717, 1.165) is 5.69 Å². The quantitative estimate of drug-likeness (QED) is 0.494. The normalized spacial score (nSPS) is 21.7. The number of hydroxylamine groups is 1. The number of anilines is 2. The number of fused-ring (bicyclic) bond motifs is 1. The molecule has 2 fully saturated rings. The van der Waals surface area contributed by atoms with Crippen LogP contribution in [0, 0.1) is 12.8 Å². The third-order valence-corrected chi connectivity index (χ3v) is 6.77. The molecule has 0 aliphatic carbocycles. The zero-order valence-electron chi connectivity index (χ0n) is 18.9. The molecule has 7 nitrogen and oxygen atoms in total. The van der Waals surface area contributed by atoms with E-state index in [1.807, 2.05) is 36.4 Å². The molecular weight excluding hydrogens is 456 g/mol. The van der Waals surface area contributed by atoms with Gasteiger partial charge in [0.1, 0.15) is 17.4 Å². The predicted molar refractivity (Wildman–Crippen MR) is 128 cm³/mol. The van der Waals surface area contributed by atoms with Crippen molar-refractivity contribution >= 4 is 34.8 Å². The molecule has 2 aliphatic rings. The van der Waals surface area contributed by atoms with E-state index in [-0.39, 0.29) is 5.91 Å². The molecule has 0 saturated carbocycles. The van der Waals surface area contributed by atoms with E-state index in [2.05, 4.69) is 0 Å². The van der Waals surface area contributed by atoms with Gasteiger partial charge in [0.2, 0.25) is 5.91 Å². The number of halogens is 1. The van der Waals surface area contributed by atoms with Gasteiger partial charge in [0.25, 0.3) is 5.91 Å². The Kier molecular flexibility index (Phi) is 5.67. The second-order valence-corrected chi connectivity index (χ2v) is 8.57. The number of methoxy groups -OCH3 is 2. The van der Waals surface area contributed by atoms with Crippen LogP contribution in [-0.4, -0.2) is 32.1 Å². The van der Waals surface area contributed by atoms with Gasteiger partial charge >= 0.3 is 0 Å². The average Bonchev–Trinajstić information content (AvgIpc) is 3.37. The topological polar surface area (TPSA) is 68.3 Å². The summed E-state index contributed by atoms with van der Waals surface area (Å²) in [6.07, 6.45) is -0.983. The molecule has 2 aliphatic heterocycles. The summed E-state index contributed by atoms with van der Waals surface area (Å²) in [5.41, 5.74) is 2.56. The van der Waals surface area contributed by atoms with Crippen LogP contribution in [0.15, 0.2) is 66.7 Å². The number of amides is 2. The van der Waals surface area contributed by atoms with Crippen LogP contribution in [0.1, 0.15) is 17.2 Å². The van der Waals surface area contributed by atoms with Gasteiger partial charge in [0, 0.05) is 16.7 Å². The highest BCUT2D eigenvalue weighted by molar-refractivity contribution is 6.32. The van der Waals surface area contributed by atoms with E-state index < -0.39 is 24.0 Å². The fraction of sp³-hybridized carbons (Fsp3) is 0.231. The Balaban J connectivity index is 1.64. The first-order chi connectivity index (χ1) is 16.5. The SMILES string of the molecule is COc1ccc([C@@H]2[C@@H]3C(=O)N(c4cccc(Cl)c4C)C(=O)[C@H]3ON2c2ccccc2)c(OC)c1. The highest BCUT2D eigenvalue weighted by Gasteiger charge is 2.61. The first-order valence-corrected chi connectivity index (χ1v) is 11.2. The van der Waals surface area contributed by atoms with E-state index in [4.69, 9.17) is 25.9 Å². The van der Waals surface area contributed by atoms with Gasteiger partial charge in [-0.15, -0.1) is 0 Å². The van der Waals surface area contributed by atoms with Crippen LogP contribution < -0.4 is 19.4 Å². The lowest BCUT2D eigenvalue weighted by Crippen LogP contribution is -2.37. The molecule has 0 unspecified atom stereocenters. The maximum absolute atomic E-state index is 13.8. The van der Waals surface area contributed by atoms with Crippen molar-refractivity contribution in [2.45, 2.75) is 19.1 Å². The second kappa shape index (κ2) is 8.66. The molecule has 0 bridgehead atoms. The number of hydrogen-bond acceptors (Lipinski definition) is 6. The van der Waals surface area contributed by atoms with Crippen molar-refractivity contribution in [1.29, 1.82) is 0 Å². The predicted octanol–water partition coefficient (Wildman–Crippen LogP) is 4.72. The van der Waals surface area contributed by atoms with Crippen LogP contribution >= 0.6 is 11.6 Å². The first-order valence-electron chi connectivity index (χ1n) is 10.8. The first kappa shape index (κ1) is 22.3. The van der Waals surface area contributed by atoms with Crippen molar-refractivity contribution in [1.82, 2.24) is 0 Å². The molecule has 0 aromatic heterocycles. The zero-order valence-corrected chi connectivity index (χ0v) is 19.7. The van der Waals surface area contributed by atoms with Crippen molar-refractivity contribution in [3.8, 4) is 11.5 Å². The lowest BCUT2D eigenvalue weighted by atomic mass is 9.90. The molecule has 3 atom stereocenters. The van der Waals surface area contributed by atoms with Gasteiger partial charge in [-0.1, -0.05) is 35.9 Å². The number of nitrogens with zero attached hydrogens (tertiary/aromatic N) is 2. The number of hydrogen-bond donors (Lipinski definition) is 0.